The molecule has 0 bridgehead atoms. The van der Waals surface area contributed by atoms with Gasteiger partial charge in [-0.2, -0.15) is 0 Å². The first kappa shape index (κ1) is 16.5. The van der Waals surface area contributed by atoms with E-state index >= 15 is 0 Å². The van der Waals surface area contributed by atoms with E-state index in [1.807, 2.05) is 6.20 Å². The van der Waals surface area contributed by atoms with Crippen molar-refractivity contribution < 1.29 is 9.53 Å². The number of aryl methyl sites for hydroxylation is 1. The predicted octanol–water partition coefficient (Wildman–Crippen LogP) is 2.42. The lowest BCUT2D eigenvalue weighted by Gasteiger charge is -2.20. The van der Waals surface area contributed by atoms with Gasteiger partial charge < -0.3 is 14.2 Å². The van der Waals surface area contributed by atoms with Crippen molar-refractivity contribution in [1.29, 1.82) is 0 Å². The maximum absolute atomic E-state index is 12.5. The van der Waals surface area contributed by atoms with Crippen LogP contribution >= 0.6 is 0 Å². The second-order valence-corrected chi connectivity index (χ2v) is 7.08. The Morgan fingerprint density at radius 2 is 2.13 bits per heavy atom. The molecule has 0 radical (unpaired) electrons. The molecule has 1 saturated heterocycles. The monoisotopic (exact) mass is 319 g/mol. The number of aromatic nitrogens is 2. The SMILES string of the molecule is COCCn1c(C)cnc1CC1CCN(C(=O)C2CCCC2)C1. The van der Waals surface area contributed by atoms with Crippen LogP contribution in [0.3, 0.4) is 0 Å². The van der Waals surface area contributed by atoms with Crippen molar-refractivity contribution in [2.75, 3.05) is 26.8 Å². The molecule has 2 aliphatic rings. The van der Waals surface area contributed by atoms with Crippen molar-refractivity contribution in [3.63, 3.8) is 0 Å². The van der Waals surface area contributed by atoms with Crippen LogP contribution in [0.2, 0.25) is 0 Å². The molecule has 1 saturated carbocycles. The van der Waals surface area contributed by atoms with E-state index in [0.29, 0.717) is 24.3 Å². The van der Waals surface area contributed by atoms with E-state index in [1.165, 1.54) is 18.5 Å². The fourth-order valence-corrected chi connectivity index (χ4v) is 4.05. The maximum atomic E-state index is 12.5. The molecular formula is C18H29N3O2. The molecule has 2 fully saturated rings. The molecule has 0 N–H and O–H groups in total. The lowest BCUT2D eigenvalue weighted by molar-refractivity contribution is -0.134. The van der Waals surface area contributed by atoms with E-state index in [2.05, 4.69) is 21.4 Å². The summed E-state index contributed by atoms with van der Waals surface area (Å²) >= 11 is 0. The number of carbonyl (C=O) groups is 1. The quantitative estimate of drug-likeness (QED) is 0.809. The molecular weight excluding hydrogens is 290 g/mol. The van der Waals surface area contributed by atoms with Crippen molar-refractivity contribution in [1.82, 2.24) is 14.5 Å². The molecule has 23 heavy (non-hydrogen) atoms. The molecule has 0 spiro atoms. The number of amides is 1. The molecule has 1 amide bonds. The summed E-state index contributed by atoms with van der Waals surface area (Å²) in [6.45, 7) is 5.50. The van der Waals surface area contributed by atoms with Crippen LogP contribution in [-0.4, -0.2) is 47.2 Å². The third kappa shape index (κ3) is 3.77. The summed E-state index contributed by atoms with van der Waals surface area (Å²) < 4.78 is 7.45. The van der Waals surface area contributed by atoms with E-state index < -0.39 is 0 Å². The second-order valence-electron chi connectivity index (χ2n) is 7.08. The van der Waals surface area contributed by atoms with Crippen molar-refractivity contribution in [3.05, 3.63) is 17.7 Å². The van der Waals surface area contributed by atoms with Crippen LogP contribution in [0.25, 0.3) is 0 Å². The molecule has 1 aromatic rings. The smallest absolute Gasteiger partial charge is 0.225 e. The van der Waals surface area contributed by atoms with Gasteiger partial charge in [-0.3, -0.25) is 4.79 Å². The molecule has 2 heterocycles. The minimum absolute atomic E-state index is 0.305. The maximum Gasteiger partial charge on any atom is 0.225 e. The number of carbonyl (C=O) groups excluding carboxylic acids is 1. The number of ether oxygens (including phenoxy) is 1. The molecule has 1 unspecified atom stereocenters. The molecule has 5 heteroatoms. The first-order valence-electron chi connectivity index (χ1n) is 8.97. The van der Waals surface area contributed by atoms with Crippen LogP contribution < -0.4 is 0 Å². The lowest BCUT2D eigenvalue weighted by Crippen LogP contribution is -2.33. The number of hydrogen-bond donors (Lipinski definition) is 0. The minimum atomic E-state index is 0.305. The summed E-state index contributed by atoms with van der Waals surface area (Å²) in [5.74, 6) is 2.40. The number of imidazole rings is 1. The van der Waals surface area contributed by atoms with Crippen LogP contribution in [0.1, 0.15) is 43.6 Å². The van der Waals surface area contributed by atoms with Gasteiger partial charge >= 0.3 is 0 Å². The van der Waals surface area contributed by atoms with Gasteiger partial charge in [0.05, 0.1) is 6.61 Å². The summed E-state index contributed by atoms with van der Waals surface area (Å²) in [5, 5.41) is 0. The number of hydrogen-bond acceptors (Lipinski definition) is 3. The Morgan fingerprint density at radius 3 is 2.87 bits per heavy atom. The summed E-state index contributed by atoms with van der Waals surface area (Å²) in [7, 11) is 1.73. The number of methoxy groups -OCH3 is 1. The van der Waals surface area contributed by atoms with Crippen molar-refractivity contribution in [2.24, 2.45) is 11.8 Å². The van der Waals surface area contributed by atoms with Crippen molar-refractivity contribution in [2.45, 2.75) is 52.0 Å². The average Bonchev–Trinajstić information content (AvgIpc) is 3.28. The van der Waals surface area contributed by atoms with Crippen LogP contribution in [-0.2, 0) is 22.5 Å². The summed E-state index contributed by atoms with van der Waals surface area (Å²) in [4.78, 5) is 19.2. The zero-order valence-electron chi connectivity index (χ0n) is 14.5. The molecule has 5 nitrogen and oxygen atoms in total. The van der Waals surface area contributed by atoms with Gasteiger partial charge in [-0.25, -0.2) is 4.98 Å². The van der Waals surface area contributed by atoms with Crippen LogP contribution in [0.5, 0.6) is 0 Å². The van der Waals surface area contributed by atoms with Gasteiger partial charge in [-0.05, 0) is 32.1 Å². The largest absolute Gasteiger partial charge is 0.383 e. The lowest BCUT2D eigenvalue weighted by atomic mass is 10.0. The summed E-state index contributed by atoms with van der Waals surface area (Å²) in [5.41, 5.74) is 1.19. The predicted molar refractivity (Wildman–Crippen MR) is 89.2 cm³/mol. The van der Waals surface area contributed by atoms with Gasteiger partial charge in [0.25, 0.3) is 0 Å². The average molecular weight is 319 g/mol. The molecule has 1 atom stereocenters. The highest BCUT2D eigenvalue weighted by atomic mass is 16.5. The van der Waals surface area contributed by atoms with E-state index in [-0.39, 0.29) is 0 Å². The van der Waals surface area contributed by atoms with Gasteiger partial charge in [0.2, 0.25) is 5.91 Å². The Morgan fingerprint density at radius 1 is 1.35 bits per heavy atom. The Balaban J connectivity index is 1.56. The molecule has 1 aliphatic carbocycles. The number of likely N-dealkylation sites (tertiary alicyclic amines) is 1. The highest BCUT2D eigenvalue weighted by Crippen LogP contribution is 2.29. The summed E-state index contributed by atoms with van der Waals surface area (Å²) in [6, 6.07) is 0. The Bertz CT molecular complexity index is 534. The van der Waals surface area contributed by atoms with Crippen molar-refractivity contribution in [3.8, 4) is 0 Å². The topological polar surface area (TPSA) is 47.4 Å². The fraction of sp³-hybridized carbons (Fsp3) is 0.778. The Labute approximate surface area is 139 Å². The normalized spacial score (nSPS) is 22.2. The molecule has 1 aliphatic heterocycles. The fourth-order valence-electron chi connectivity index (χ4n) is 4.05. The second kappa shape index (κ2) is 7.47. The molecule has 128 valence electrons. The van der Waals surface area contributed by atoms with E-state index in [0.717, 1.165) is 51.1 Å². The third-order valence-electron chi connectivity index (χ3n) is 5.43. The van der Waals surface area contributed by atoms with E-state index in [1.54, 1.807) is 7.11 Å². The van der Waals surface area contributed by atoms with Crippen LogP contribution in [0, 0.1) is 18.8 Å². The Kier molecular flexibility index (Phi) is 5.36. The van der Waals surface area contributed by atoms with E-state index in [4.69, 9.17) is 4.74 Å². The summed E-state index contributed by atoms with van der Waals surface area (Å²) in [6.07, 6.45) is 8.66. The Hall–Kier alpha value is -1.36. The number of nitrogens with zero attached hydrogens (tertiary/aromatic N) is 3. The first-order chi connectivity index (χ1) is 11.2. The van der Waals surface area contributed by atoms with Gasteiger partial charge in [0.15, 0.2) is 0 Å². The number of rotatable bonds is 6. The van der Waals surface area contributed by atoms with Crippen molar-refractivity contribution >= 4 is 5.91 Å². The third-order valence-corrected chi connectivity index (χ3v) is 5.43. The molecule has 3 rings (SSSR count). The first-order valence-corrected chi connectivity index (χ1v) is 8.97. The zero-order valence-corrected chi connectivity index (χ0v) is 14.5. The van der Waals surface area contributed by atoms with Gasteiger partial charge in [0.1, 0.15) is 5.82 Å². The minimum Gasteiger partial charge on any atom is -0.383 e. The highest BCUT2D eigenvalue weighted by molar-refractivity contribution is 5.79. The van der Waals surface area contributed by atoms with Crippen LogP contribution in [0.4, 0.5) is 0 Å². The van der Waals surface area contributed by atoms with E-state index in [9.17, 15) is 4.79 Å². The van der Waals surface area contributed by atoms with Gasteiger partial charge in [0, 0.05) is 51.0 Å². The highest BCUT2D eigenvalue weighted by Gasteiger charge is 2.32. The molecule has 0 aromatic carbocycles. The standard InChI is InChI=1S/C18H29N3O2/c1-14-12-19-17(21(14)9-10-23-2)11-15-7-8-20(13-15)18(22)16-5-3-4-6-16/h12,15-16H,3-11,13H2,1-2H3. The molecule has 1 aromatic heterocycles. The zero-order chi connectivity index (χ0) is 16.2. The van der Waals surface area contributed by atoms with Crippen LogP contribution in [0.15, 0.2) is 6.20 Å². The van der Waals surface area contributed by atoms with Gasteiger partial charge in [-0.1, -0.05) is 12.8 Å². The van der Waals surface area contributed by atoms with Gasteiger partial charge in [-0.15, -0.1) is 0 Å².